The van der Waals surface area contributed by atoms with Crippen LogP contribution in [0.2, 0.25) is 0 Å². The van der Waals surface area contributed by atoms with Gasteiger partial charge in [-0.25, -0.2) is 0 Å². The van der Waals surface area contributed by atoms with Crippen molar-refractivity contribution >= 4 is 38.5 Å². The summed E-state index contributed by atoms with van der Waals surface area (Å²) in [6, 6.07) is 64.5. The molecule has 8 aromatic rings. The molecule has 7 aromatic carbocycles. The minimum absolute atomic E-state index is 0.310. The summed E-state index contributed by atoms with van der Waals surface area (Å²) < 4.78 is 1.35. The zero-order valence-electron chi connectivity index (χ0n) is 25.6. The van der Waals surface area contributed by atoms with E-state index >= 15 is 0 Å². The van der Waals surface area contributed by atoms with E-state index in [2.05, 4.69) is 181 Å². The minimum atomic E-state index is -0.310. The number of hydrogen-bond acceptors (Lipinski definition) is 2. The Hall–Kier alpha value is -5.70. The molecule has 0 unspecified atom stereocenters. The molecule has 1 spiro atoms. The van der Waals surface area contributed by atoms with E-state index in [9.17, 15) is 0 Å². The van der Waals surface area contributed by atoms with Crippen molar-refractivity contribution in [1.82, 2.24) is 0 Å². The summed E-state index contributed by atoms with van der Waals surface area (Å²) in [5.74, 6) is 0. The van der Waals surface area contributed by atoms with Crippen LogP contribution in [0.15, 0.2) is 176 Å². The second-order valence-corrected chi connectivity index (χ2v) is 13.5. The van der Waals surface area contributed by atoms with E-state index in [0.717, 1.165) is 17.1 Å². The van der Waals surface area contributed by atoms with Gasteiger partial charge < -0.3 is 4.90 Å². The second kappa shape index (κ2) is 10.2. The lowest BCUT2D eigenvalue weighted by Gasteiger charge is -2.29. The molecule has 0 amide bonds. The molecule has 1 nitrogen and oxygen atoms in total. The van der Waals surface area contributed by atoms with Crippen LogP contribution < -0.4 is 4.90 Å². The Morgan fingerprint density at radius 2 is 0.915 bits per heavy atom. The van der Waals surface area contributed by atoms with Crippen molar-refractivity contribution in [2.75, 3.05) is 4.90 Å². The highest BCUT2D eigenvalue weighted by Crippen LogP contribution is 2.66. The summed E-state index contributed by atoms with van der Waals surface area (Å²) in [5, 5.41) is 1.35. The first kappa shape index (κ1) is 26.5. The third kappa shape index (κ3) is 3.71. The van der Waals surface area contributed by atoms with E-state index in [1.807, 2.05) is 11.3 Å². The summed E-state index contributed by atoms with van der Waals surface area (Å²) in [7, 11) is 0. The molecule has 0 saturated heterocycles. The largest absolute Gasteiger partial charge is 0.311 e. The topological polar surface area (TPSA) is 3.24 Å². The van der Waals surface area contributed by atoms with Crippen molar-refractivity contribution < 1.29 is 0 Å². The van der Waals surface area contributed by atoms with Gasteiger partial charge in [-0.05, 0) is 93.0 Å². The number of thiophene rings is 1. The van der Waals surface area contributed by atoms with Gasteiger partial charge in [0.1, 0.15) is 0 Å². The molecule has 1 heterocycles. The van der Waals surface area contributed by atoms with E-state index in [1.54, 1.807) is 0 Å². The third-order valence-electron chi connectivity index (χ3n) is 10.1. The minimum Gasteiger partial charge on any atom is -0.311 e. The van der Waals surface area contributed by atoms with E-state index in [1.165, 1.54) is 65.0 Å². The number of fused-ring (bicyclic) bond motifs is 12. The van der Waals surface area contributed by atoms with Crippen LogP contribution >= 0.6 is 11.3 Å². The number of benzene rings is 7. The molecule has 2 heteroatoms. The maximum atomic E-state index is 2.45. The molecule has 0 atom stereocenters. The molecule has 2 aliphatic carbocycles. The molecule has 0 fully saturated rings. The Kier molecular flexibility index (Phi) is 5.73. The Balaban J connectivity index is 1.16. The number of nitrogens with zero attached hydrogens (tertiary/aromatic N) is 1. The van der Waals surface area contributed by atoms with Crippen molar-refractivity contribution in [3.63, 3.8) is 0 Å². The first-order valence-corrected chi connectivity index (χ1v) is 17.0. The highest BCUT2D eigenvalue weighted by molar-refractivity contribution is 7.20. The van der Waals surface area contributed by atoms with Crippen LogP contribution in [0.5, 0.6) is 0 Å². The van der Waals surface area contributed by atoms with E-state index in [0.29, 0.717) is 0 Å². The summed E-state index contributed by atoms with van der Waals surface area (Å²) in [6.07, 6.45) is 0. The van der Waals surface area contributed by atoms with Gasteiger partial charge in [-0.1, -0.05) is 127 Å². The predicted octanol–water partition coefficient (Wildman–Crippen LogP) is 12.4. The van der Waals surface area contributed by atoms with Gasteiger partial charge in [-0.15, -0.1) is 11.3 Å². The van der Waals surface area contributed by atoms with E-state index < -0.39 is 0 Å². The van der Waals surface area contributed by atoms with Crippen molar-refractivity contribution in [3.8, 4) is 33.4 Å². The first-order valence-electron chi connectivity index (χ1n) is 16.2. The zero-order valence-corrected chi connectivity index (χ0v) is 26.4. The molecule has 0 N–H and O–H groups in total. The average Bonchev–Trinajstić information content (AvgIpc) is 3.76. The quantitative estimate of drug-likeness (QED) is 0.190. The monoisotopic (exact) mass is 615 g/mol. The molecule has 2 aliphatic rings. The first-order chi connectivity index (χ1) is 23.3. The molecule has 0 saturated carbocycles. The van der Waals surface area contributed by atoms with Gasteiger partial charge in [0.25, 0.3) is 0 Å². The summed E-state index contributed by atoms with van der Waals surface area (Å²) in [4.78, 5) is 3.76. The predicted molar refractivity (Wildman–Crippen MR) is 198 cm³/mol. The maximum absolute atomic E-state index is 2.45. The van der Waals surface area contributed by atoms with Crippen molar-refractivity contribution in [2.45, 2.75) is 5.41 Å². The van der Waals surface area contributed by atoms with Gasteiger partial charge in [0.15, 0.2) is 0 Å². The van der Waals surface area contributed by atoms with Crippen LogP contribution in [0.4, 0.5) is 17.1 Å². The van der Waals surface area contributed by atoms with Crippen LogP contribution in [0.25, 0.3) is 43.5 Å². The highest BCUT2D eigenvalue weighted by atomic mass is 32.1. The molecule has 10 rings (SSSR count). The lowest BCUT2D eigenvalue weighted by atomic mass is 9.73. The lowest BCUT2D eigenvalue weighted by molar-refractivity contribution is 0.812. The van der Waals surface area contributed by atoms with Gasteiger partial charge in [0.2, 0.25) is 0 Å². The normalized spacial score (nSPS) is 13.3. The Morgan fingerprint density at radius 3 is 1.57 bits per heavy atom. The van der Waals surface area contributed by atoms with Crippen LogP contribution in [0, 0.1) is 0 Å². The highest BCUT2D eigenvalue weighted by Gasteiger charge is 2.53. The second-order valence-electron chi connectivity index (χ2n) is 12.5. The molecular formula is C45H29NS. The summed E-state index contributed by atoms with van der Waals surface area (Å²) in [6.45, 7) is 0. The SMILES string of the molecule is c1ccc(N(c2ccccc2)c2ccc(-c3ccc4c(c3)-c3c(sc5ccccc35)C43c4ccccc4-c4ccccc43)cc2)cc1. The molecule has 0 aliphatic heterocycles. The molecule has 0 bridgehead atoms. The maximum Gasteiger partial charge on any atom is 0.0819 e. The molecular weight excluding hydrogens is 587 g/mol. The van der Waals surface area contributed by atoms with Crippen molar-refractivity contribution in [3.05, 3.63) is 197 Å². The Labute approximate surface area is 278 Å². The van der Waals surface area contributed by atoms with Gasteiger partial charge >= 0.3 is 0 Å². The number of anilines is 3. The van der Waals surface area contributed by atoms with Crippen LogP contribution in [-0.2, 0) is 5.41 Å². The molecule has 1 aromatic heterocycles. The summed E-state index contributed by atoms with van der Waals surface area (Å²) >= 11 is 1.96. The number of rotatable bonds is 4. The smallest absolute Gasteiger partial charge is 0.0819 e. The van der Waals surface area contributed by atoms with Crippen molar-refractivity contribution in [2.24, 2.45) is 0 Å². The van der Waals surface area contributed by atoms with Gasteiger partial charge in [-0.3, -0.25) is 0 Å². The Morgan fingerprint density at radius 1 is 0.404 bits per heavy atom. The van der Waals surface area contributed by atoms with Crippen LogP contribution in [0.3, 0.4) is 0 Å². The standard InChI is InChI=1S/C45H29NS/c1-3-13-32(14-4-1)46(33-15-5-2-6-16-33)34-26-23-30(24-27-34)31-25-28-41-38(29-31)43-37-19-9-12-22-42(37)47-44(43)45(41)39-20-10-7-17-35(39)36-18-8-11-21-40(36)45/h1-29H. The third-order valence-corrected chi connectivity index (χ3v) is 11.4. The van der Waals surface area contributed by atoms with Crippen LogP contribution in [-0.4, -0.2) is 0 Å². The fourth-order valence-electron chi connectivity index (χ4n) is 8.13. The van der Waals surface area contributed by atoms with Gasteiger partial charge in [0.05, 0.1) is 5.41 Å². The number of para-hydroxylation sites is 2. The van der Waals surface area contributed by atoms with Gasteiger partial charge in [0, 0.05) is 37.6 Å². The van der Waals surface area contributed by atoms with Crippen LogP contribution in [0.1, 0.15) is 21.6 Å². The summed E-state index contributed by atoms with van der Waals surface area (Å²) in [5.41, 5.74) is 15.2. The van der Waals surface area contributed by atoms with Crippen molar-refractivity contribution in [1.29, 1.82) is 0 Å². The fourth-order valence-corrected chi connectivity index (χ4v) is 9.58. The van der Waals surface area contributed by atoms with E-state index in [-0.39, 0.29) is 5.41 Å². The lowest BCUT2D eigenvalue weighted by Crippen LogP contribution is -2.24. The molecule has 47 heavy (non-hydrogen) atoms. The molecule has 220 valence electrons. The Bertz CT molecular complexity index is 2370. The zero-order chi connectivity index (χ0) is 31.0. The van der Waals surface area contributed by atoms with E-state index in [4.69, 9.17) is 0 Å². The van der Waals surface area contributed by atoms with Gasteiger partial charge in [-0.2, -0.15) is 0 Å². The average molecular weight is 616 g/mol. The molecule has 0 radical (unpaired) electrons. The number of hydrogen-bond donors (Lipinski definition) is 0. The fraction of sp³-hybridized carbons (Fsp3) is 0.0222.